The lowest BCUT2D eigenvalue weighted by Gasteiger charge is -2.11. The number of hydrogen-bond acceptors (Lipinski definition) is 9. The van der Waals surface area contributed by atoms with Crippen molar-refractivity contribution in [3.8, 4) is 21.7 Å². The Balaban J connectivity index is 1.25. The number of aromatic amines is 1. The number of fused-ring (bicyclic) bond motifs is 2. The van der Waals surface area contributed by atoms with Gasteiger partial charge >= 0.3 is 0 Å². The molecule has 0 spiro atoms. The smallest absolute Gasteiger partial charge is 0.257 e. The summed E-state index contributed by atoms with van der Waals surface area (Å²) in [5, 5.41) is 13.2. The van der Waals surface area contributed by atoms with Gasteiger partial charge < -0.3 is 26.3 Å². The zero-order valence-electron chi connectivity index (χ0n) is 37.6. The second-order valence-corrected chi connectivity index (χ2v) is 18.3. The van der Waals surface area contributed by atoms with Crippen molar-refractivity contribution in [2.45, 2.75) is 27.7 Å². The molecule has 0 fully saturated rings. The Kier molecular flexibility index (Phi) is 11.9. The molecular weight excluding hydrogens is 903 g/mol. The monoisotopic (exact) mass is 943 g/mol. The Hall–Kier alpha value is -8.66. The minimum Gasteiger partial charge on any atom is -0.326 e. The number of amides is 4. The Morgan fingerprint density at radius 1 is 0.522 bits per heavy atom. The van der Waals surface area contributed by atoms with Crippen molar-refractivity contribution < 1.29 is 19.2 Å². The van der Waals surface area contributed by atoms with Crippen LogP contribution in [-0.4, -0.2) is 50.3 Å². The predicted octanol–water partition coefficient (Wildman–Crippen LogP) is 11.8. The average Bonchev–Trinajstić information content (AvgIpc) is 4.12. The zero-order chi connectivity index (χ0) is 47.8. The highest BCUT2D eigenvalue weighted by atomic mass is 32.1. The second kappa shape index (κ2) is 18.6. The third kappa shape index (κ3) is 8.99. The van der Waals surface area contributed by atoms with Crippen LogP contribution < -0.4 is 21.3 Å². The van der Waals surface area contributed by atoms with E-state index in [4.69, 9.17) is 20.0 Å². The number of thiazole rings is 2. The van der Waals surface area contributed by atoms with Gasteiger partial charge in [0.2, 0.25) is 11.8 Å². The summed E-state index contributed by atoms with van der Waals surface area (Å²) >= 11 is 2.92. The molecule has 4 amide bonds. The van der Waals surface area contributed by atoms with Crippen LogP contribution in [0.4, 0.5) is 23.0 Å². The molecule has 15 heteroatoms. The normalized spacial score (nSPS) is 12.9. The van der Waals surface area contributed by atoms with Crippen LogP contribution in [0.1, 0.15) is 56.3 Å². The summed E-state index contributed by atoms with van der Waals surface area (Å²) in [6.07, 6.45) is 0. The lowest BCUT2D eigenvalue weighted by Crippen LogP contribution is -2.31. The fourth-order valence-electron chi connectivity index (χ4n) is 8.18. The van der Waals surface area contributed by atoms with Gasteiger partial charge in [-0.25, -0.2) is 20.0 Å². The number of nitrogens with one attached hydrogen (secondary N) is 5. The maximum absolute atomic E-state index is 14.3. The number of hydrogen-bond donors (Lipinski definition) is 5. The molecule has 4 heterocycles. The van der Waals surface area contributed by atoms with E-state index in [0.29, 0.717) is 77.6 Å². The van der Waals surface area contributed by atoms with Crippen molar-refractivity contribution in [3.63, 3.8) is 0 Å². The van der Waals surface area contributed by atoms with Gasteiger partial charge in [0.1, 0.15) is 27.5 Å². The van der Waals surface area contributed by atoms with Crippen LogP contribution in [0.3, 0.4) is 0 Å². The average molecular weight is 944 g/mol. The van der Waals surface area contributed by atoms with E-state index in [1.807, 2.05) is 123 Å². The van der Waals surface area contributed by atoms with Crippen molar-refractivity contribution in [1.29, 1.82) is 0 Å². The second-order valence-electron chi connectivity index (χ2n) is 16.3. The van der Waals surface area contributed by atoms with Crippen LogP contribution in [-0.2, 0) is 9.59 Å². The van der Waals surface area contributed by atoms with Crippen LogP contribution in [0, 0.1) is 13.8 Å². The van der Waals surface area contributed by atoms with Gasteiger partial charge in [0.05, 0.1) is 31.6 Å². The highest BCUT2D eigenvalue weighted by Gasteiger charge is 2.33. The molecule has 1 aliphatic rings. The molecule has 0 saturated heterocycles. The van der Waals surface area contributed by atoms with Crippen molar-refractivity contribution in [2.75, 3.05) is 16.0 Å². The number of anilines is 3. The van der Waals surface area contributed by atoms with E-state index in [2.05, 4.69) is 26.3 Å². The Morgan fingerprint density at radius 2 is 1.01 bits per heavy atom. The number of H-pyrrole nitrogens is 1. The number of aryl methyl sites for hydroxylation is 2. The molecule has 3 aromatic heterocycles. The van der Waals surface area contributed by atoms with Crippen LogP contribution in [0.2, 0.25) is 0 Å². The van der Waals surface area contributed by atoms with E-state index in [-0.39, 0.29) is 35.3 Å². The molecule has 1 aliphatic heterocycles. The number of rotatable bonds is 10. The van der Waals surface area contributed by atoms with Gasteiger partial charge in [-0.1, -0.05) is 84.9 Å². The molecule has 338 valence electrons. The summed E-state index contributed by atoms with van der Waals surface area (Å²) < 4.78 is 1.87. The SMILES string of the molecule is CC(=O)Nc1ccc(C2=C(c3nc4ccccc4s3)C(NC(=O)c3ccccc3C)=NC2=Nc2[nH]c(NC(=O)c3ccccc3C)c(-c3nc4ccccc4s3)c2-c2ccc(NC(C)=O)cc2)cc1. The number of amidine groups is 2. The minimum absolute atomic E-state index is 0.217. The number of carbonyl (C=O) groups is 4. The number of carbonyl (C=O) groups excluding carboxylic acids is 4. The molecular formula is C54H41N9O4S2. The summed E-state index contributed by atoms with van der Waals surface area (Å²) in [5.41, 5.74) is 8.88. The Morgan fingerprint density at radius 3 is 1.57 bits per heavy atom. The van der Waals surface area contributed by atoms with Gasteiger partial charge in [0, 0.05) is 47.5 Å². The first-order valence-corrected chi connectivity index (χ1v) is 23.5. The molecule has 13 nitrogen and oxygen atoms in total. The molecule has 69 heavy (non-hydrogen) atoms. The van der Waals surface area contributed by atoms with Crippen molar-refractivity contribution in [1.82, 2.24) is 20.3 Å². The van der Waals surface area contributed by atoms with Crippen molar-refractivity contribution >= 4 is 113 Å². The third-order valence-electron chi connectivity index (χ3n) is 11.4. The first-order chi connectivity index (χ1) is 33.5. The number of nitrogens with zero attached hydrogens (tertiary/aromatic N) is 4. The Labute approximate surface area is 403 Å². The van der Waals surface area contributed by atoms with Gasteiger partial charge in [-0.2, -0.15) is 0 Å². The number of aliphatic imine (C=N–C) groups is 2. The van der Waals surface area contributed by atoms with E-state index < -0.39 is 0 Å². The molecule has 6 aromatic carbocycles. The van der Waals surface area contributed by atoms with E-state index in [0.717, 1.165) is 31.6 Å². The van der Waals surface area contributed by atoms with Gasteiger partial charge in [0.15, 0.2) is 5.84 Å². The van der Waals surface area contributed by atoms with E-state index in [1.165, 1.54) is 36.5 Å². The first-order valence-electron chi connectivity index (χ1n) is 21.9. The van der Waals surface area contributed by atoms with Crippen LogP contribution in [0.15, 0.2) is 156 Å². The fraction of sp³-hybridized carbons (Fsp3) is 0.0741. The van der Waals surface area contributed by atoms with Crippen LogP contribution >= 0.6 is 22.7 Å². The van der Waals surface area contributed by atoms with Crippen LogP contribution in [0.5, 0.6) is 0 Å². The third-order valence-corrected chi connectivity index (χ3v) is 13.5. The molecule has 0 unspecified atom stereocenters. The zero-order valence-corrected chi connectivity index (χ0v) is 39.2. The highest BCUT2D eigenvalue weighted by Crippen LogP contribution is 2.48. The molecule has 0 bridgehead atoms. The summed E-state index contributed by atoms with van der Waals surface area (Å²) in [4.78, 5) is 77.1. The Bertz CT molecular complexity index is 3570. The van der Waals surface area contributed by atoms with E-state index >= 15 is 0 Å². The molecule has 0 aliphatic carbocycles. The maximum Gasteiger partial charge on any atom is 0.257 e. The van der Waals surface area contributed by atoms with Gasteiger partial charge in [-0.15, -0.1) is 22.7 Å². The standard InChI is InChI=1S/C54H41N9O4S2/c1-29-13-5-7-15-37(29)51(66)62-49-45(53-57-39-17-9-11-19-41(39)68-53)43(33-21-25-35(26-22-33)55-31(3)64)47(60-49)59-48-44(34-23-27-36(28-24-34)56-32(4)65)46(54-58-40-18-10-12-20-42(40)69-54)50(61-48)63-52(67)38-16-8-6-14-30(38)2/h5-28,60H,1-4H3,(H,55,64)(H,56,65)(H,62,66)(H,59,61,63,67). The summed E-state index contributed by atoms with van der Waals surface area (Å²) in [6, 6.07) is 44.9. The predicted molar refractivity (Wildman–Crippen MR) is 279 cm³/mol. The lowest BCUT2D eigenvalue weighted by atomic mass is 9.99. The van der Waals surface area contributed by atoms with E-state index in [1.54, 1.807) is 36.4 Å². The largest absolute Gasteiger partial charge is 0.326 e. The first kappa shape index (κ1) is 44.2. The van der Waals surface area contributed by atoms with Gasteiger partial charge in [-0.3, -0.25) is 19.2 Å². The molecule has 5 N–H and O–H groups in total. The summed E-state index contributed by atoms with van der Waals surface area (Å²) in [7, 11) is 0. The topological polar surface area (TPSA) is 183 Å². The lowest BCUT2D eigenvalue weighted by molar-refractivity contribution is -0.115. The molecule has 9 aromatic rings. The van der Waals surface area contributed by atoms with Crippen molar-refractivity contribution in [2.24, 2.45) is 9.98 Å². The van der Waals surface area contributed by atoms with Crippen LogP contribution in [0.25, 0.3) is 53.3 Å². The highest BCUT2D eigenvalue weighted by molar-refractivity contribution is 7.21. The summed E-state index contributed by atoms with van der Waals surface area (Å²) in [5.74, 6) is -0.0373. The van der Waals surface area contributed by atoms with E-state index in [9.17, 15) is 19.2 Å². The number of benzene rings is 6. The maximum atomic E-state index is 14.3. The summed E-state index contributed by atoms with van der Waals surface area (Å²) in [6.45, 7) is 6.65. The number of para-hydroxylation sites is 2. The minimum atomic E-state index is -0.369. The molecule has 0 radical (unpaired) electrons. The molecule has 10 rings (SSSR count). The fourth-order valence-corrected chi connectivity index (χ4v) is 10.2. The molecule has 0 saturated carbocycles. The molecule has 0 atom stereocenters. The van der Waals surface area contributed by atoms with Crippen molar-refractivity contribution in [3.05, 3.63) is 178 Å². The van der Waals surface area contributed by atoms with Gasteiger partial charge in [0.25, 0.3) is 11.8 Å². The quantitative estimate of drug-likeness (QED) is 0.0909. The van der Waals surface area contributed by atoms with Gasteiger partial charge in [-0.05, 0) is 96.8 Å². The number of aromatic nitrogens is 3.